The molecule has 1 saturated heterocycles. The lowest BCUT2D eigenvalue weighted by molar-refractivity contribution is -0.138. The number of hydrogen-bond acceptors (Lipinski definition) is 7. The van der Waals surface area contributed by atoms with Crippen LogP contribution in [-0.4, -0.2) is 47.2 Å². The average Bonchev–Trinajstić information content (AvgIpc) is 3.69. The number of nitrogens with zero attached hydrogens (tertiary/aromatic N) is 2. The molecule has 244 valence electrons. The fraction of sp³-hybridized carbons (Fsp3) is 0.364. The Morgan fingerprint density at radius 1 is 1.11 bits per heavy atom. The SMILES string of the molecule is Cc1ccccc1Oc1ccc(NC(=O)c2csc(-c3cc[nH]c3)n2)c(N2CCC[C@@H](CNC(=O)OC(C)(C)C)C2)c1C(F)(F)F. The number of alkyl carbamates (subject to hydrolysis) is 1. The van der Waals surface area contributed by atoms with Gasteiger partial charge in [-0.25, -0.2) is 9.78 Å². The van der Waals surface area contributed by atoms with Gasteiger partial charge in [-0.05, 0) is 76.3 Å². The van der Waals surface area contributed by atoms with Gasteiger partial charge >= 0.3 is 12.3 Å². The number of aromatic amines is 1. The fourth-order valence-corrected chi connectivity index (χ4v) is 6.08. The van der Waals surface area contributed by atoms with Gasteiger partial charge in [-0.15, -0.1) is 11.3 Å². The first kappa shape index (κ1) is 32.9. The molecular formula is C33H36F3N5O4S. The van der Waals surface area contributed by atoms with E-state index in [0.29, 0.717) is 30.0 Å². The summed E-state index contributed by atoms with van der Waals surface area (Å²) in [5, 5.41) is 7.61. The minimum Gasteiger partial charge on any atom is -0.456 e. The van der Waals surface area contributed by atoms with Gasteiger partial charge in [-0.3, -0.25) is 4.79 Å². The normalized spacial score (nSPS) is 15.4. The number of H-pyrrole nitrogens is 1. The molecule has 0 unspecified atom stereocenters. The molecule has 1 atom stereocenters. The summed E-state index contributed by atoms with van der Waals surface area (Å²) in [6.45, 7) is 7.72. The summed E-state index contributed by atoms with van der Waals surface area (Å²) in [4.78, 5) is 34.7. The van der Waals surface area contributed by atoms with Gasteiger partial charge in [0.25, 0.3) is 5.91 Å². The number of carbonyl (C=O) groups excluding carboxylic acids is 2. The third-order valence-corrected chi connectivity index (χ3v) is 8.23. The molecule has 0 saturated carbocycles. The van der Waals surface area contributed by atoms with Gasteiger partial charge in [0, 0.05) is 43.0 Å². The van der Waals surface area contributed by atoms with E-state index in [4.69, 9.17) is 9.47 Å². The second-order valence-electron chi connectivity index (χ2n) is 12.1. The Bertz CT molecular complexity index is 1680. The zero-order valence-corrected chi connectivity index (χ0v) is 26.8. The Hall–Kier alpha value is -4.52. The maximum Gasteiger partial charge on any atom is 0.422 e. The average molecular weight is 656 g/mol. The van der Waals surface area contributed by atoms with E-state index in [2.05, 4.69) is 20.6 Å². The highest BCUT2D eigenvalue weighted by Crippen LogP contribution is 2.49. The monoisotopic (exact) mass is 655 g/mol. The number of alkyl halides is 3. The van der Waals surface area contributed by atoms with Crippen LogP contribution in [0.5, 0.6) is 11.5 Å². The van der Waals surface area contributed by atoms with E-state index in [1.807, 2.05) is 6.07 Å². The minimum atomic E-state index is -4.84. The number of para-hydroxylation sites is 1. The van der Waals surface area contributed by atoms with Crippen molar-refractivity contribution in [3.05, 3.63) is 77.1 Å². The molecule has 4 aromatic rings. The lowest BCUT2D eigenvalue weighted by Gasteiger charge is -2.37. The van der Waals surface area contributed by atoms with Crippen molar-refractivity contribution >= 4 is 34.7 Å². The molecule has 3 N–H and O–H groups in total. The van der Waals surface area contributed by atoms with Crippen LogP contribution in [0.3, 0.4) is 0 Å². The number of ether oxygens (including phenoxy) is 2. The topological polar surface area (TPSA) is 109 Å². The number of rotatable bonds is 8. The maximum absolute atomic E-state index is 15.1. The van der Waals surface area contributed by atoms with Gasteiger partial charge in [0.2, 0.25) is 0 Å². The molecule has 1 aliphatic rings. The number of aryl methyl sites for hydroxylation is 1. The Balaban J connectivity index is 1.50. The molecule has 5 rings (SSSR count). The number of anilines is 2. The highest BCUT2D eigenvalue weighted by molar-refractivity contribution is 7.13. The lowest BCUT2D eigenvalue weighted by Crippen LogP contribution is -2.43. The second kappa shape index (κ2) is 13.5. The van der Waals surface area contributed by atoms with Crippen LogP contribution in [0.25, 0.3) is 10.6 Å². The van der Waals surface area contributed by atoms with Crippen molar-refractivity contribution in [3.8, 4) is 22.1 Å². The number of benzene rings is 2. The summed E-state index contributed by atoms with van der Waals surface area (Å²) < 4.78 is 56.4. The molecule has 46 heavy (non-hydrogen) atoms. The Morgan fingerprint density at radius 3 is 2.59 bits per heavy atom. The van der Waals surface area contributed by atoms with E-state index < -0.39 is 29.3 Å². The Labute approximate surface area is 269 Å². The molecule has 0 bridgehead atoms. The molecule has 3 heterocycles. The molecule has 0 spiro atoms. The quantitative estimate of drug-likeness (QED) is 0.176. The van der Waals surface area contributed by atoms with Crippen molar-refractivity contribution in [1.82, 2.24) is 15.3 Å². The summed E-state index contributed by atoms with van der Waals surface area (Å²) in [6, 6.07) is 11.3. The van der Waals surface area contributed by atoms with Crippen LogP contribution < -0.4 is 20.3 Å². The molecule has 0 radical (unpaired) electrons. The molecule has 2 aromatic carbocycles. The number of nitrogens with one attached hydrogen (secondary N) is 3. The summed E-state index contributed by atoms with van der Waals surface area (Å²) in [6.07, 6.45) is -0.694. The molecule has 13 heteroatoms. The van der Waals surface area contributed by atoms with Crippen LogP contribution in [-0.2, 0) is 10.9 Å². The van der Waals surface area contributed by atoms with E-state index >= 15 is 13.2 Å². The van der Waals surface area contributed by atoms with E-state index in [0.717, 1.165) is 5.56 Å². The van der Waals surface area contributed by atoms with Gasteiger partial charge in [0.15, 0.2) is 0 Å². The summed E-state index contributed by atoms with van der Waals surface area (Å²) in [5.41, 5.74) is -0.362. The molecule has 1 aliphatic heterocycles. The zero-order valence-electron chi connectivity index (χ0n) is 26.0. The first-order valence-corrected chi connectivity index (χ1v) is 15.8. The summed E-state index contributed by atoms with van der Waals surface area (Å²) in [5.74, 6) is -0.907. The van der Waals surface area contributed by atoms with Crippen molar-refractivity contribution < 1.29 is 32.2 Å². The van der Waals surface area contributed by atoms with Crippen molar-refractivity contribution in [1.29, 1.82) is 0 Å². The van der Waals surface area contributed by atoms with Crippen LogP contribution in [0, 0.1) is 12.8 Å². The first-order valence-electron chi connectivity index (χ1n) is 14.9. The van der Waals surface area contributed by atoms with Gasteiger partial charge < -0.3 is 30.0 Å². The van der Waals surface area contributed by atoms with Crippen LogP contribution in [0.2, 0.25) is 0 Å². The first-order chi connectivity index (χ1) is 21.8. The van der Waals surface area contributed by atoms with Crippen LogP contribution in [0.15, 0.2) is 60.2 Å². The van der Waals surface area contributed by atoms with Gasteiger partial charge in [-0.2, -0.15) is 13.2 Å². The molecule has 2 amide bonds. The predicted octanol–water partition coefficient (Wildman–Crippen LogP) is 8.25. The highest BCUT2D eigenvalue weighted by Gasteiger charge is 2.41. The van der Waals surface area contributed by atoms with Crippen LogP contribution in [0.4, 0.5) is 29.3 Å². The molecular weight excluding hydrogens is 619 g/mol. The summed E-state index contributed by atoms with van der Waals surface area (Å²) >= 11 is 1.26. The molecule has 2 aromatic heterocycles. The van der Waals surface area contributed by atoms with E-state index in [-0.39, 0.29) is 47.6 Å². The standard InChI is InChI=1S/C33H36F3N5O4S/c1-20-8-5-6-10-25(20)44-26-12-11-23(39-29(42)24-19-46-30(40-24)22-13-14-37-17-22)28(27(26)33(34,35)36)41-15-7-9-21(18-41)16-38-31(43)45-32(2,3)4/h5-6,8,10-14,17,19,21,37H,7,9,15-16,18H2,1-4H3,(H,38,43)(H,39,42)/t21-/m0/s1. The van der Waals surface area contributed by atoms with Crippen molar-refractivity contribution in [3.63, 3.8) is 0 Å². The summed E-state index contributed by atoms with van der Waals surface area (Å²) in [7, 11) is 0. The van der Waals surface area contributed by atoms with Crippen molar-refractivity contribution in [2.75, 3.05) is 29.9 Å². The number of halogens is 3. The number of piperidine rings is 1. The fourth-order valence-electron chi connectivity index (χ4n) is 5.28. The third kappa shape index (κ3) is 8.00. The number of hydrogen-bond donors (Lipinski definition) is 3. The third-order valence-electron chi connectivity index (χ3n) is 7.34. The van der Waals surface area contributed by atoms with Crippen molar-refractivity contribution in [2.45, 2.75) is 52.3 Å². The zero-order chi connectivity index (χ0) is 33.1. The predicted molar refractivity (Wildman–Crippen MR) is 172 cm³/mol. The lowest BCUT2D eigenvalue weighted by atomic mass is 9.96. The van der Waals surface area contributed by atoms with E-state index in [1.165, 1.54) is 23.5 Å². The minimum absolute atomic E-state index is 0.0218. The largest absolute Gasteiger partial charge is 0.456 e. The molecule has 1 fully saturated rings. The number of aromatic nitrogens is 2. The Kier molecular flexibility index (Phi) is 9.61. The second-order valence-corrected chi connectivity index (χ2v) is 13.0. The van der Waals surface area contributed by atoms with Crippen LogP contribution >= 0.6 is 11.3 Å². The Morgan fingerprint density at radius 2 is 1.89 bits per heavy atom. The highest BCUT2D eigenvalue weighted by atomic mass is 32.1. The van der Waals surface area contributed by atoms with Gasteiger partial charge in [0.05, 0.1) is 11.4 Å². The van der Waals surface area contributed by atoms with Gasteiger partial charge in [0.1, 0.15) is 33.4 Å². The van der Waals surface area contributed by atoms with E-state index in [9.17, 15) is 9.59 Å². The van der Waals surface area contributed by atoms with Crippen LogP contribution in [0.1, 0.15) is 55.2 Å². The maximum atomic E-state index is 15.1. The van der Waals surface area contributed by atoms with Crippen molar-refractivity contribution in [2.24, 2.45) is 5.92 Å². The van der Waals surface area contributed by atoms with Gasteiger partial charge in [-0.1, -0.05) is 18.2 Å². The molecule has 9 nitrogen and oxygen atoms in total. The smallest absolute Gasteiger partial charge is 0.422 e. The van der Waals surface area contributed by atoms with E-state index in [1.54, 1.807) is 74.6 Å². The molecule has 0 aliphatic carbocycles. The number of carbonyl (C=O) groups is 2. The number of thiazole rings is 1. The number of amides is 2.